The molecule has 138 valence electrons. The van der Waals surface area contributed by atoms with Crippen LogP contribution in [0.5, 0.6) is 11.5 Å². The van der Waals surface area contributed by atoms with Gasteiger partial charge in [-0.25, -0.2) is 0 Å². The van der Waals surface area contributed by atoms with Gasteiger partial charge in [-0.05, 0) is 41.2 Å². The normalized spacial score (nSPS) is 18.3. The molecule has 1 aliphatic carbocycles. The van der Waals surface area contributed by atoms with Crippen molar-refractivity contribution in [2.24, 2.45) is 0 Å². The average molecular weight is 374 g/mol. The standard InChI is InChI=1S/C21H24ClNO3/c1-25-18-6-5-15-13-17-19-14(3-2-4-16(19)20(15)21(18)24)7-9-23(17)10-12-26-11-8-22/h2-6,17,24H,7-13H2,1H3. The van der Waals surface area contributed by atoms with Gasteiger partial charge in [0.1, 0.15) is 0 Å². The summed E-state index contributed by atoms with van der Waals surface area (Å²) in [5.74, 6) is 1.31. The molecule has 1 unspecified atom stereocenters. The van der Waals surface area contributed by atoms with E-state index in [9.17, 15) is 5.11 Å². The maximum Gasteiger partial charge on any atom is 0.165 e. The maximum absolute atomic E-state index is 10.7. The molecule has 0 saturated heterocycles. The third-order valence-electron chi connectivity index (χ3n) is 5.51. The second kappa shape index (κ2) is 7.47. The van der Waals surface area contributed by atoms with Gasteiger partial charge in [-0.3, -0.25) is 4.90 Å². The Hall–Kier alpha value is -1.75. The summed E-state index contributed by atoms with van der Waals surface area (Å²) in [6.07, 6.45) is 1.92. The predicted molar refractivity (Wildman–Crippen MR) is 103 cm³/mol. The summed E-state index contributed by atoms with van der Waals surface area (Å²) in [6.45, 7) is 3.22. The molecule has 5 heteroatoms. The highest BCUT2D eigenvalue weighted by Gasteiger charge is 2.35. The molecule has 2 aromatic rings. The molecule has 1 heterocycles. The van der Waals surface area contributed by atoms with Gasteiger partial charge in [0.25, 0.3) is 0 Å². The van der Waals surface area contributed by atoms with Gasteiger partial charge in [0, 0.05) is 30.6 Å². The number of nitrogens with zero attached hydrogens (tertiary/aromatic N) is 1. The Kier molecular flexibility index (Phi) is 5.07. The molecule has 0 saturated carbocycles. The number of halogens is 1. The largest absolute Gasteiger partial charge is 0.504 e. The molecule has 1 N–H and O–H groups in total. The van der Waals surface area contributed by atoms with Gasteiger partial charge in [-0.1, -0.05) is 24.3 Å². The second-order valence-corrected chi connectivity index (χ2v) is 7.21. The summed E-state index contributed by atoms with van der Waals surface area (Å²) in [6, 6.07) is 10.7. The van der Waals surface area contributed by atoms with E-state index in [0.29, 0.717) is 30.9 Å². The Morgan fingerprint density at radius 2 is 2.08 bits per heavy atom. The van der Waals surface area contributed by atoms with Gasteiger partial charge in [-0.2, -0.15) is 0 Å². The molecule has 0 amide bonds. The van der Waals surface area contributed by atoms with Gasteiger partial charge < -0.3 is 14.6 Å². The van der Waals surface area contributed by atoms with E-state index in [1.807, 2.05) is 6.07 Å². The van der Waals surface area contributed by atoms with E-state index in [1.54, 1.807) is 7.11 Å². The van der Waals surface area contributed by atoms with Crippen molar-refractivity contribution < 1.29 is 14.6 Å². The first kappa shape index (κ1) is 17.7. The Morgan fingerprint density at radius 3 is 2.88 bits per heavy atom. The van der Waals surface area contributed by atoms with Crippen LogP contribution in [0.25, 0.3) is 11.1 Å². The number of phenolic OH excluding ortho intramolecular Hbond substituents is 1. The lowest BCUT2D eigenvalue weighted by molar-refractivity contribution is 0.0900. The topological polar surface area (TPSA) is 41.9 Å². The van der Waals surface area contributed by atoms with Crippen LogP contribution < -0.4 is 4.74 Å². The van der Waals surface area contributed by atoms with Crippen molar-refractivity contribution in [1.29, 1.82) is 0 Å². The minimum absolute atomic E-state index is 0.249. The number of hydrogen-bond donors (Lipinski definition) is 1. The highest BCUT2D eigenvalue weighted by atomic mass is 35.5. The van der Waals surface area contributed by atoms with Crippen LogP contribution >= 0.6 is 11.6 Å². The van der Waals surface area contributed by atoms with Crippen molar-refractivity contribution in [3.63, 3.8) is 0 Å². The van der Waals surface area contributed by atoms with Crippen molar-refractivity contribution in [3.05, 3.63) is 47.0 Å². The SMILES string of the molecule is COc1ccc2c(c1O)-c1cccc3c1C(C2)N(CCOCCCl)CC3. The molecule has 0 aromatic heterocycles. The first-order valence-electron chi connectivity index (χ1n) is 9.13. The van der Waals surface area contributed by atoms with E-state index in [4.69, 9.17) is 21.1 Å². The number of benzene rings is 2. The van der Waals surface area contributed by atoms with Crippen LogP contribution in [0, 0.1) is 0 Å². The highest BCUT2D eigenvalue weighted by Crippen LogP contribution is 2.50. The fraction of sp³-hybridized carbons (Fsp3) is 0.429. The summed E-state index contributed by atoms with van der Waals surface area (Å²) in [5, 5.41) is 10.7. The smallest absolute Gasteiger partial charge is 0.165 e. The molecule has 2 aromatic carbocycles. The first-order chi connectivity index (χ1) is 12.7. The van der Waals surface area contributed by atoms with Gasteiger partial charge in [0.05, 0.1) is 20.3 Å². The maximum atomic E-state index is 10.7. The molecule has 0 fully saturated rings. The minimum atomic E-state index is 0.249. The summed E-state index contributed by atoms with van der Waals surface area (Å²) in [7, 11) is 1.59. The quantitative estimate of drug-likeness (QED) is 0.618. The number of phenols is 1. The molecule has 0 spiro atoms. The number of rotatable bonds is 6. The van der Waals surface area contributed by atoms with Crippen molar-refractivity contribution in [3.8, 4) is 22.6 Å². The molecule has 4 rings (SSSR count). The molecule has 4 nitrogen and oxygen atoms in total. The zero-order valence-electron chi connectivity index (χ0n) is 15.0. The van der Waals surface area contributed by atoms with Crippen molar-refractivity contribution in [2.45, 2.75) is 18.9 Å². The van der Waals surface area contributed by atoms with Crippen LogP contribution in [0.15, 0.2) is 30.3 Å². The molecule has 26 heavy (non-hydrogen) atoms. The number of fused-ring (bicyclic) bond motifs is 2. The Balaban J connectivity index is 1.72. The lowest BCUT2D eigenvalue weighted by Gasteiger charge is -2.41. The fourth-order valence-electron chi connectivity index (χ4n) is 4.34. The van der Waals surface area contributed by atoms with Crippen LogP contribution in [0.3, 0.4) is 0 Å². The van der Waals surface area contributed by atoms with E-state index >= 15 is 0 Å². The summed E-state index contributed by atoms with van der Waals surface area (Å²) < 4.78 is 10.9. The van der Waals surface area contributed by atoms with E-state index in [0.717, 1.165) is 37.1 Å². The molecule has 1 atom stereocenters. The lowest BCUT2D eigenvalue weighted by atomic mass is 9.76. The summed E-state index contributed by atoms with van der Waals surface area (Å²) >= 11 is 5.70. The summed E-state index contributed by atoms with van der Waals surface area (Å²) in [4.78, 5) is 2.50. The Labute approximate surface area is 159 Å². The first-order valence-corrected chi connectivity index (χ1v) is 9.66. The predicted octanol–water partition coefficient (Wildman–Crippen LogP) is 3.78. The van der Waals surface area contributed by atoms with Crippen molar-refractivity contribution in [1.82, 2.24) is 4.90 Å². The van der Waals surface area contributed by atoms with Crippen molar-refractivity contribution in [2.75, 3.05) is 39.3 Å². The van der Waals surface area contributed by atoms with Crippen LogP contribution in [-0.2, 0) is 17.6 Å². The number of methoxy groups -OCH3 is 1. The second-order valence-electron chi connectivity index (χ2n) is 6.84. The number of ether oxygens (including phenoxy) is 2. The van der Waals surface area contributed by atoms with Crippen molar-refractivity contribution >= 4 is 11.6 Å². The van der Waals surface area contributed by atoms with Gasteiger partial charge in [-0.15, -0.1) is 11.6 Å². The minimum Gasteiger partial charge on any atom is -0.504 e. The fourth-order valence-corrected chi connectivity index (χ4v) is 4.45. The Morgan fingerprint density at radius 1 is 1.19 bits per heavy atom. The third-order valence-corrected chi connectivity index (χ3v) is 5.67. The molecule has 2 aliphatic rings. The number of aromatic hydroxyl groups is 1. The van der Waals surface area contributed by atoms with E-state index < -0.39 is 0 Å². The molecular weight excluding hydrogens is 350 g/mol. The van der Waals surface area contributed by atoms with Crippen LogP contribution in [0.4, 0.5) is 0 Å². The highest BCUT2D eigenvalue weighted by molar-refractivity contribution is 6.17. The number of alkyl halides is 1. The van der Waals surface area contributed by atoms with E-state index in [2.05, 4.69) is 29.2 Å². The zero-order valence-corrected chi connectivity index (χ0v) is 15.8. The lowest BCUT2D eigenvalue weighted by Crippen LogP contribution is -2.40. The molecule has 1 aliphatic heterocycles. The van der Waals surface area contributed by atoms with Gasteiger partial charge >= 0.3 is 0 Å². The van der Waals surface area contributed by atoms with Crippen LogP contribution in [0.2, 0.25) is 0 Å². The Bertz CT molecular complexity index is 808. The number of hydrogen-bond acceptors (Lipinski definition) is 4. The molecular formula is C21H24ClNO3. The molecule has 0 bridgehead atoms. The van der Waals surface area contributed by atoms with E-state index in [-0.39, 0.29) is 5.75 Å². The van der Waals surface area contributed by atoms with Gasteiger partial charge in [0.15, 0.2) is 11.5 Å². The third kappa shape index (κ3) is 2.96. The van der Waals surface area contributed by atoms with Crippen LogP contribution in [-0.4, -0.2) is 49.3 Å². The van der Waals surface area contributed by atoms with Crippen LogP contribution in [0.1, 0.15) is 22.7 Å². The average Bonchev–Trinajstić information content (AvgIpc) is 2.67. The van der Waals surface area contributed by atoms with Gasteiger partial charge in [0.2, 0.25) is 0 Å². The zero-order chi connectivity index (χ0) is 18.1. The summed E-state index contributed by atoms with van der Waals surface area (Å²) in [5.41, 5.74) is 5.98. The monoisotopic (exact) mass is 373 g/mol. The molecule has 0 radical (unpaired) electrons. The van der Waals surface area contributed by atoms with E-state index in [1.165, 1.54) is 16.7 Å².